The van der Waals surface area contributed by atoms with Gasteiger partial charge in [-0.25, -0.2) is 0 Å². The third-order valence-corrected chi connectivity index (χ3v) is 2.68. The molecule has 3 heteroatoms. The summed E-state index contributed by atoms with van der Waals surface area (Å²) in [6.45, 7) is 4.44. The van der Waals surface area contributed by atoms with Crippen LogP contribution in [-0.2, 0) is 0 Å². The zero-order valence-corrected chi connectivity index (χ0v) is 9.07. The van der Waals surface area contributed by atoms with Crippen LogP contribution in [0.15, 0.2) is 24.5 Å². The summed E-state index contributed by atoms with van der Waals surface area (Å²) in [5, 5.41) is 8.96. The van der Waals surface area contributed by atoms with Crippen molar-refractivity contribution in [1.29, 1.82) is 0 Å². The molecule has 0 bridgehead atoms. The van der Waals surface area contributed by atoms with Crippen LogP contribution >= 0.6 is 0 Å². The minimum atomic E-state index is -0.0316. The molecule has 3 nitrogen and oxygen atoms in total. The van der Waals surface area contributed by atoms with Crippen LogP contribution in [0.2, 0.25) is 0 Å². The summed E-state index contributed by atoms with van der Waals surface area (Å²) >= 11 is 0. The van der Waals surface area contributed by atoms with Gasteiger partial charge in [0.15, 0.2) is 0 Å². The summed E-state index contributed by atoms with van der Waals surface area (Å²) in [6, 6.07) is 3.94. The lowest BCUT2D eigenvalue weighted by Crippen LogP contribution is -2.41. The van der Waals surface area contributed by atoms with Crippen molar-refractivity contribution in [2.45, 2.75) is 25.8 Å². The van der Waals surface area contributed by atoms with Gasteiger partial charge in [0, 0.05) is 37.3 Å². The van der Waals surface area contributed by atoms with Crippen LogP contribution in [0.5, 0.6) is 0 Å². The average molecular weight is 194 g/mol. The highest BCUT2D eigenvalue weighted by molar-refractivity contribution is 5.46. The van der Waals surface area contributed by atoms with E-state index in [0.717, 1.165) is 12.1 Å². The van der Waals surface area contributed by atoms with Gasteiger partial charge in [-0.1, -0.05) is 0 Å². The number of pyridine rings is 1. The molecule has 0 aliphatic heterocycles. The lowest BCUT2D eigenvalue weighted by atomic mass is 9.98. The molecule has 0 aliphatic rings. The molecule has 0 fully saturated rings. The SMILES string of the molecule is CN(c1ccncc1)C(C)(C)CCO. The van der Waals surface area contributed by atoms with E-state index in [1.54, 1.807) is 12.4 Å². The van der Waals surface area contributed by atoms with E-state index >= 15 is 0 Å². The summed E-state index contributed by atoms with van der Waals surface area (Å²) in [7, 11) is 2.03. The van der Waals surface area contributed by atoms with Crippen LogP contribution in [0.25, 0.3) is 0 Å². The van der Waals surface area contributed by atoms with E-state index in [4.69, 9.17) is 5.11 Å². The Balaban J connectivity index is 2.79. The van der Waals surface area contributed by atoms with Crippen molar-refractivity contribution in [2.75, 3.05) is 18.6 Å². The Morgan fingerprint density at radius 1 is 1.36 bits per heavy atom. The molecule has 1 N–H and O–H groups in total. The molecule has 0 saturated heterocycles. The van der Waals surface area contributed by atoms with Gasteiger partial charge in [-0.3, -0.25) is 4.98 Å². The Morgan fingerprint density at radius 2 is 1.93 bits per heavy atom. The zero-order valence-electron chi connectivity index (χ0n) is 9.07. The van der Waals surface area contributed by atoms with E-state index in [1.165, 1.54) is 0 Å². The number of hydrogen-bond donors (Lipinski definition) is 1. The van der Waals surface area contributed by atoms with Gasteiger partial charge in [-0.15, -0.1) is 0 Å². The third-order valence-electron chi connectivity index (χ3n) is 2.68. The average Bonchev–Trinajstić information content (AvgIpc) is 2.18. The number of nitrogens with zero attached hydrogens (tertiary/aromatic N) is 2. The van der Waals surface area contributed by atoms with Crippen molar-refractivity contribution in [3.63, 3.8) is 0 Å². The second-order valence-corrected chi connectivity index (χ2v) is 4.05. The molecule has 1 aromatic heterocycles. The monoisotopic (exact) mass is 194 g/mol. The first-order chi connectivity index (χ1) is 6.58. The van der Waals surface area contributed by atoms with E-state index in [-0.39, 0.29) is 12.1 Å². The van der Waals surface area contributed by atoms with Gasteiger partial charge in [-0.2, -0.15) is 0 Å². The topological polar surface area (TPSA) is 36.4 Å². The van der Waals surface area contributed by atoms with Crippen LogP contribution in [0.4, 0.5) is 5.69 Å². The standard InChI is InChI=1S/C11H18N2O/c1-11(2,6-9-14)13(3)10-4-7-12-8-5-10/h4-5,7-8,14H,6,9H2,1-3H3. The molecular weight excluding hydrogens is 176 g/mol. The van der Waals surface area contributed by atoms with E-state index in [2.05, 4.69) is 23.7 Å². The molecule has 0 spiro atoms. The molecule has 0 atom stereocenters. The van der Waals surface area contributed by atoms with Crippen LogP contribution in [0.1, 0.15) is 20.3 Å². The van der Waals surface area contributed by atoms with Crippen molar-refractivity contribution < 1.29 is 5.11 Å². The highest BCUT2D eigenvalue weighted by atomic mass is 16.3. The number of anilines is 1. The van der Waals surface area contributed by atoms with Gasteiger partial charge < -0.3 is 10.0 Å². The largest absolute Gasteiger partial charge is 0.396 e. The van der Waals surface area contributed by atoms with E-state index in [0.29, 0.717) is 0 Å². The lowest BCUT2D eigenvalue weighted by Gasteiger charge is -2.37. The lowest BCUT2D eigenvalue weighted by molar-refractivity contribution is 0.250. The highest BCUT2D eigenvalue weighted by Crippen LogP contribution is 2.23. The highest BCUT2D eigenvalue weighted by Gasteiger charge is 2.22. The summed E-state index contributed by atoms with van der Waals surface area (Å²) < 4.78 is 0. The summed E-state index contributed by atoms with van der Waals surface area (Å²) in [4.78, 5) is 6.14. The van der Waals surface area contributed by atoms with Gasteiger partial charge in [0.1, 0.15) is 0 Å². The Morgan fingerprint density at radius 3 is 2.43 bits per heavy atom. The molecule has 0 aromatic carbocycles. The Bertz CT molecular complexity index is 272. The quantitative estimate of drug-likeness (QED) is 0.792. The molecular formula is C11H18N2O. The number of aromatic nitrogens is 1. The Kier molecular flexibility index (Phi) is 3.47. The molecule has 1 heterocycles. The molecule has 14 heavy (non-hydrogen) atoms. The van der Waals surface area contributed by atoms with E-state index < -0.39 is 0 Å². The van der Waals surface area contributed by atoms with Crippen LogP contribution < -0.4 is 4.90 Å². The molecule has 1 rings (SSSR count). The number of hydrogen-bond acceptors (Lipinski definition) is 3. The van der Waals surface area contributed by atoms with Gasteiger partial charge in [0.25, 0.3) is 0 Å². The second-order valence-electron chi connectivity index (χ2n) is 4.05. The minimum absolute atomic E-state index is 0.0316. The Labute approximate surface area is 85.4 Å². The predicted molar refractivity (Wildman–Crippen MR) is 58.4 cm³/mol. The maximum absolute atomic E-state index is 8.96. The number of aliphatic hydroxyl groups excluding tert-OH is 1. The van der Waals surface area contributed by atoms with Crippen LogP contribution in [0.3, 0.4) is 0 Å². The smallest absolute Gasteiger partial charge is 0.0453 e. The number of rotatable bonds is 4. The van der Waals surface area contributed by atoms with E-state index in [9.17, 15) is 0 Å². The minimum Gasteiger partial charge on any atom is -0.396 e. The summed E-state index contributed by atoms with van der Waals surface area (Å²) in [5.41, 5.74) is 1.09. The predicted octanol–water partition coefficient (Wildman–Crippen LogP) is 1.68. The third kappa shape index (κ3) is 2.45. The first kappa shape index (κ1) is 11.0. The molecule has 0 aliphatic carbocycles. The van der Waals surface area contributed by atoms with Gasteiger partial charge >= 0.3 is 0 Å². The van der Waals surface area contributed by atoms with Gasteiger partial charge in [-0.05, 0) is 32.4 Å². The van der Waals surface area contributed by atoms with Crippen molar-refractivity contribution in [1.82, 2.24) is 4.98 Å². The fourth-order valence-electron chi connectivity index (χ4n) is 1.36. The maximum atomic E-state index is 8.96. The van der Waals surface area contributed by atoms with Crippen molar-refractivity contribution in [2.24, 2.45) is 0 Å². The first-order valence-corrected chi connectivity index (χ1v) is 4.82. The van der Waals surface area contributed by atoms with E-state index in [1.807, 2.05) is 19.2 Å². The van der Waals surface area contributed by atoms with Gasteiger partial charge in [0.05, 0.1) is 0 Å². The molecule has 0 saturated carbocycles. The molecule has 0 radical (unpaired) electrons. The summed E-state index contributed by atoms with van der Waals surface area (Å²) in [5.74, 6) is 0. The zero-order chi connectivity index (χ0) is 10.6. The maximum Gasteiger partial charge on any atom is 0.0453 e. The molecule has 0 unspecified atom stereocenters. The van der Waals surface area contributed by atoms with Crippen LogP contribution in [0, 0.1) is 0 Å². The fourth-order valence-corrected chi connectivity index (χ4v) is 1.36. The molecule has 0 amide bonds. The fraction of sp³-hybridized carbons (Fsp3) is 0.545. The Hall–Kier alpha value is -1.09. The van der Waals surface area contributed by atoms with Crippen molar-refractivity contribution in [3.8, 4) is 0 Å². The second kappa shape index (κ2) is 4.42. The van der Waals surface area contributed by atoms with Crippen molar-refractivity contribution in [3.05, 3.63) is 24.5 Å². The normalized spacial score (nSPS) is 11.4. The first-order valence-electron chi connectivity index (χ1n) is 4.82. The number of aliphatic hydroxyl groups is 1. The summed E-state index contributed by atoms with van der Waals surface area (Å²) in [6.07, 6.45) is 4.31. The van der Waals surface area contributed by atoms with Crippen LogP contribution in [-0.4, -0.2) is 29.3 Å². The molecule has 78 valence electrons. The van der Waals surface area contributed by atoms with Gasteiger partial charge in [0.2, 0.25) is 0 Å². The van der Waals surface area contributed by atoms with Crippen molar-refractivity contribution >= 4 is 5.69 Å². The molecule has 1 aromatic rings.